The molecule has 1 aliphatic rings. The van der Waals surface area contributed by atoms with Crippen molar-refractivity contribution in [3.63, 3.8) is 0 Å². The summed E-state index contributed by atoms with van der Waals surface area (Å²) in [6.45, 7) is 0. The summed E-state index contributed by atoms with van der Waals surface area (Å²) < 4.78 is 81.1. The van der Waals surface area contributed by atoms with Gasteiger partial charge in [0, 0.05) is 13.2 Å². The highest BCUT2D eigenvalue weighted by Gasteiger charge is 2.53. The molecule has 3 atom stereocenters. The van der Waals surface area contributed by atoms with Gasteiger partial charge in [0.1, 0.15) is 23.7 Å². The zero-order valence-electron chi connectivity index (χ0n) is 17.5. The van der Waals surface area contributed by atoms with Crippen LogP contribution >= 0.6 is 0 Å². The highest BCUT2D eigenvalue weighted by Crippen LogP contribution is 2.38. The van der Waals surface area contributed by atoms with Gasteiger partial charge in [0.05, 0.1) is 11.1 Å². The van der Waals surface area contributed by atoms with Gasteiger partial charge in [-0.05, 0) is 36.4 Å². The van der Waals surface area contributed by atoms with Crippen LogP contribution < -0.4 is 9.80 Å². The van der Waals surface area contributed by atoms with Gasteiger partial charge in [-0.3, -0.25) is 19.4 Å². The van der Waals surface area contributed by atoms with Crippen LogP contribution in [0.5, 0.6) is 0 Å². The van der Waals surface area contributed by atoms with Crippen LogP contribution in [0.2, 0.25) is 0 Å². The number of halogens is 6. The summed E-state index contributed by atoms with van der Waals surface area (Å²) in [6, 6.07) is 4.09. The monoisotopic (exact) mass is 503 g/mol. The van der Waals surface area contributed by atoms with E-state index in [4.69, 9.17) is 0 Å². The molecule has 2 N–H and O–H groups in total. The number of nitrogens with zero attached hydrogens (tertiary/aromatic N) is 5. The molecule has 9 nitrogen and oxygen atoms in total. The number of hydrogen-bond donors (Lipinski definition) is 2. The van der Waals surface area contributed by atoms with E-state index in [9.17, 15) is 46.1 Å². The maximum absolute atomic E-state index is 13.3. The number of hydrogen-bond acceptors (Lipinski definition) is 6. The van der Waals surface area contributed by atoms with Crippen molar-refractivity contribution in [2.75, 3.05) is 16.8 Å². The molecule has 0 unspecified atom stereocenters. The molecule has 1 fully saturated rings. The number of aliphatic hydroxyl groups is 2. The number of alkyl halides is 6. The minimum atomic E-state index is -5.33. The van der Waals surface area contributed by atoms with Crippen LogP contribution in [0, 0.1) is 0 Å². The van der Waals surface area contributed by atoms with Gasteiger partial charge in [-0.15, -0.1) is 5.10 Å². The van der Waals surface area contributed by atoms with Crippen LogP contribution in [-0.4, -0.2) is 61.9 Å². The minimum Gasteiger partial charge on any atom is -0.387 e. The van der Waals surface area contributed by atoms with E-state index < -0.39 is 59.5 Å². The quantitative estimate of drug-likeness (QED) is 0.528. The lowest BCUT2D eigenvalue weighted by atomic mass is 10.1. The zero-order chi connectivity index (χ0) is 25.9. The van der Waals surface area contributed by atoms with Crippen molar-refractivity contribution in [1.82, 2.24) is 14.6 Å². The number of likely N-dealkylation sites (N-methyl/N-ethyl adjacent to an activating group) is 1. The van der Waals surface area contributed by atoms with Crippen molar-refractivity contribution in [3.8, 4) is 0 Å². The Morgan fingerprint density at radius 3 is 2.37 bits per heavy atom. The number of carbonyl (C=O) groups is 2. The van der Waals surface area contributed by atoms with Crippen molar-refractivity contribution < 1.29 is 46.1 Å². The molecule has 4 rings (SSSR count). The average molecular weight is 503 g/mol. The Morgan fingerprint density at radius 1 is 1.06 bits per heavy atom. The van der Waals surface area contributed by atoms with Gasteiger partial charge < -0.3 is 10.2 Å². The average Bonchev–Trinajstić information content (AvgIpc) is 3.34. The summed E-state index contributed by atoms with van der Waals surface area (Å²) >= 11 is 0. The van der Waals surface area contributed by atoms with E-state index in [1.165, 1.54) is 17.6 Å². The van der Waals surface area contributed by atoms with Crippen LogP contribution in [0.15, 0.2) is 42.6 Å². The minimum absolute atomic E-state index is 0.0207. The van der Waals surface area contributed by atoms with E-state index in [1.54, 1.807) is 24.4 Å². The number of rotatable bonds is 3. The third kappa shape index (κ3) is 4.27. The first-order valence-electron chi connectivity index (χ1n) is 9.78. The molecule has 15 heteroatoms. The van der Waals surface area contributed by atoms with Crippen LogP contribution in [0.3, 0.4) is 0 Å². The molecule has 0 radical (unpaired) electrons. The molecule has 0 spiro atoms. The van der Waals surface area contributed by atoms with Gasteiger partial charge in [-0.25, -0.2) is 9.50 Å². The molecule has 35 heavy (non-hydrogen) atoms. The maximum Gasteiger partial charge on any atom is 0.433 e. The van der Waals surface area contributed by atoms with Gasteiger partial charge in [0.2, 0.25) is 0 Å². The molecule has 1 aliphatic heterocycles. The largest absolute Gasteiger partial charge is 0.433 e. The lowest BCUT2D eigenvalue weighted by Gasteiger charge is -2.28. The van der Waals surface area contributed by atoms with Crippen LogP contribution in [-0.2, 0) is 21.9 Å². The fraction of sp³-hybridized carbons (Fsp3) is 0.300. The maximum atomic E-state index is 13.3. The second-order valence-electron chi connectivity index (χ2n) is 7.65. The second kappa shape index (κ2) is 8.20. The number of carbonyl (C=O) groups excluding carboxylic acids is 2. The Morgan fingerprint density at radius 2 is 1.74 bits per heavy atom. The number of pyridine rings is 1. The fourth-order valence-electron chi connectivity index (χ4n) is 3.61. The van der Waals surface area contributed by atoms with Gasteiger partial charge in [0.15, 0.2) is 11.9 Å². The number of anilines is 2. The molecule has 186 valence electrons. The van der Waals surface area contributed by atoms with E-state index in [1.807, 2.05) is 0 Å². The second-order valence-corrected chi connectivity index (χ2v) is 7.65. The van der Waals surface area contributed by atoms with Crippen molar-refractivity contribution >= 4 is 29.0 Å². The normalized spacial score (nSPS) is 21.1. The molecular weight excluding hydrogens is 488 g/mol. The van der Waals surface area contributed by atoms with Gasteiger partial charge in [0.25, 0.3) is 11.8 Å². The summed E-state index contributed by atoms with van der Waals surface area (Å²) in [4.78, 5) is 29.8. The third-order valence-corrected chi connectivity index (χ3v) is 5.39. The van der Waals surface area contributed by atoms with Crippen LogP contribution in [0.1, 0.15) is 11.3 Å². The smallest absolute Gasteiger partial charge is 0.387 e. The third-order valence-electron chi connectivity index (χ3n) is 5.39. The first-order valence-corrected chi connectivity index (χ1v) is 9.78. The Bertz CT molecular complexity index is 1270. The summed E-state index contributed by atoms with van der Waals surface area (Å²) in [5.41, 5.74) is -3.13. The standard InChI is InChI=1S/C20H15F6N5O4/c1-29(12-5-4-10-3-2-6-30(10)28-12)17(34)14-15(32)16(33)18(35)31(14)13-8-9(19(21,22)23)7-11(27-13)20(24,25)26/h2-8,14-16,32-33H,1H3/t14-,15-,16-/m0/s1. The van der Waals surface area contributed by atoms with Crippen molar-refractivity contribution in [1.29, 1.82) is 0 Å². The molecule has 0 saturated carbocycles. The molecule has 0 bridgehead atoms. The van der Waals surface area contributed by atoms with Crippen LogP contribution in [0.25, 0.3) is 5.52 Å². The van der Waals surface area contributed by atoms with E-state index >= 15 is 0 Å². The molecule has 2 amide bonds. The highest BCUT2D eigenvalue weighted by molar-refractivity contribution is 6.10. The highest BCUT2D eigenvalue weighted by atomic mass is 19.4. The molecule has 1 saturated heterocycles. The fourth-order valence-corrected chi connectivity index (χ4v) is 3.61. The Kier molecular flexibility index (Phi) is 5.72. The van der Waals surface area contributed by atoms with Gasteiger partial charge >= 0.3 is 12.4 Å². The summed E-state index contributed by atoms with van der Waals surface area (Å²) in [7, 11) is 1.17. The summed E-state index contributed by atoms with van der Waals surface area (Å²) in [5.74, 6) is -3.88. The molecule has 0 aromatic carbocycles. The van der Waals surface area contributed by atoms with Crippen molar-refractivity contribution in [3.05, 3.63) is 53.9 Å². The lowest BCUT2D eigenvalue weighted by Crippen LogP contribution is -2.50. The number of fused-ring (bicyclic) bond motifs is 1. The van der Waals surface area contributed by atoms with Gasteiger partial charge in [-0.1, -0.05) is 0 Å². The first kappa shape index (κ1) is 24.4. The Hall–Kier alpha value is -3.72. The first-order chi connectivity index (χ1) is 16.2. The Labute approximate surface area is 191 Å². The predicted octanol–water partition coefficient (Wildman–Crippen LogP) is 1.87. The van der Waals surface area contributed by atoms with E-state index in [-0.39, 0.29) is 22.9 Å². The van der Waals surface area contributed by atoms with Crippen molar-refractivity contribution in [2.24, 2.45) is 0 Å². The lowest BCUT2D eigenvalue weighted by molar-refractivity contribution is -0.145. The Balaban J connectivity index is 1.80. The van der Waals surface area contributed by atoms with E-state index in [0.717, 1.165) is 4.90 Å². The predicted molar refractivity (Wildman–Crippen MR) is 106 cm³/mol. The number of amides is 2. The van der Waals surface area contributed by atoms with E-state index in [2.05, 4.69) is 10.1 Å². The summed E-state index contributed by atoms with van der Waals surface area (Å²) in [5, 5.41) is 24.5. The number of aromatic nitrogens is 3. The number of aliphatic hydroxyl groups excluding tert-OH is 2. The topological polar surface area (TPSA) is 111 Å². The van der Waals surface area contributed by atoms with E-state index in [0.29, 0.717) is 5.52 Å². The zero-order valence-corrected chi connectivity index (χ0v) is 17.5. The molecule has 3 aromatic rings. The summed E-state index contributed by atoms with van der Waals surface area (Å²) in [6.07, 6.45) is -13.5. The molecular formula is C20H15F6N5O4. The van der Waals surface area contributed by atoms with Crippen molar-refractivity contribution in [2.45, 2.75) is 30.6 Å². The molecule has 3 aromatic heterocycles. The van der Waals surface area contributed by atoms with Gasteiger partial charge in [-0.2, -0.15) is 26.3 Å². The molecule has 4 heterocycles. The van der Waals surface area contributed by atoms with Crippen LogP contribution in [0.4, 0.5) is 38.0 Å². The molecule has 0 aliphatic carbocycles. The SMILES string of the molecule is CN(C(=O)[C@@H]1[C@H](O)[C@H](O)C(=O)N1c1cc(C(F)(F)F)cc(C(F)(F)F)n1)c1ccc2cccn2n1.